The highest BCUT2D eigenvalue weighted by Gasteiger charge is 2.08. The highest BCUT2D eigenvalue weighted by molar-refractivity contribution is 5.81. The lowest BCUT2D eigenvalue weighted by molar-refractivity contribution is 0.957. The first kappa shape index (κ1) is 8.93. The first-order valence-electron chi connectivity index (χ1n) is 4.75. The summed E-state index contributed by atoms with van der Waals surface area (Å²) in [5.41, 5.74) is 7.19. The molecule has 2 rings (SSSR count). The van der Waals surface area contributed by atoms with Crippen LogP contribution in [0.3, 0.4) is 0 Å². The van der Waals surface area contributed by atoms with E-state index in [0.717, 1.165) is 30.1 Å². The second-order valence-corrected chi connectivity index (χ2v) is 3.11. The Morgan fingerprint density at radius 1 is 1.14 bits per heavy atom. The first-order chi connectivity index (χ1) is 6.74. The number of nitrogens with one attached hydrogen (secondary N) is 1. The second kappa shape index (κ2) is 3.25. The van der Waals surface area contributed by atoms with Gasteiger partial charge in [0.25, 0.3) is 0 Å². The third-order valence-electron chi connectivity index (χ3n) is 2.12. The summed E-state index contributed by atoms with van der Waals surface area (Å²) in [5.74, 6) is 2.11. The number of hydrogen-bond donors (Lipinski definition) is 2. The maximum atomic E-state index is 5.77. The van der Waals surface area contributed by atoms with Gasteiger partial charge in [-0.05, 0) is 0 Å². The Kier molecular flexibility index (Phi) is 2.07. The van der Waals surface area contributed by atoms with Gasteiger partial charge in [-0.15, -0.1) is 0 Å². The number of aryl methyl sites for hydroxylation is 2. The topological polar surface area (TPSA) is 80.5 Å². The number of nitrogen functional groups attached to an aromatic ring is 1. The molecule has 5 heteroatoms. The Morgan fingerprint density at radius 3 is 2.57 bits per heavy atom. The van der Waals surface area contributed by atoms with E-state index in [0.29, 0.717) is 11.3 Å². The molecule has 0 amide bonds. The van der Waals surface area contributed by atoms with Crippen molar-refractivity contribution >= 4 is 17.0 Å². The van der Waals surface area contributed by atoms with Crippen LogP contribution in [-0.2, 0) is 12.8 Å². The van der Waals surface area contributed by atoms with Gasteiger partial charge in [-0.1, -0.05) is 13.8 Å². The number of aromatic amines is 1. The minimum atomic E-state index is 0.461. The molecule has 0 atom stereocenters. The maximum absolute atomic E-state index is 5.77. The summed E-state index contributed by atoms with van der Waals surface area (Å²) in [7, 11) is 0. The van der Waals surface area contributed by atoms with Crippen molar-refractivity contribution in [3.63, 3.8) is 0 Å². The summed E-state index contributed by atoms with van der Waals surface area (Å²) in [5, 5.41) is 0. The molecule has 14 heavy (non-hydrogen) atoms. The predicted molar refractivity (Wildman–Crippen MR) is 54.9 cm³/mol. The molecule has 0 spiro atoms. The number of fused-ring (bicyclic) bond motifs is 1. The quantitative estimate of drug-likeness (QED) is 0.743. The molecule has 5 nitrogen and oxygen atoms in total. The number of nitrogens with zero attached hydrogens (tertiary/aromatic N) is 3. The van der Waals surface area contributed by atoms with E-state index in [1.807, 2.05) is 13.8 Å². The average molecular weight is 191 g/mol. The largest absolute Gasteiger partial charge is 0.382 e. The number of rotatable bonds is 2. The van der Waals surface area contributed by atoms with E-state index >= 15 is 0 Å². The monoisotopic (exact) mass is 191 g/mol. The van der Waals surface area contributed by atoms with E-state index in [1.54, 1.807) is 0 Å². The molecular formula is C9H13N5. The Bertz CT molecular complexity index is 459. The van der Waals surface area contributed by atoms with Crippen LogP contribution in [0.25, 0.3) is 11.2 Å². The Balaban J connectivity index is 2.67. The van der Waals surface area contributed by atoms with Crippen LogP contribution in [0.1, 0.15) is 25.5 Å². The van der Waals surface area contributed by atoms with E-state index in [2.05, 4.69) is 19.9 Å². The molecular weight excluding hydrogens is 178 g/mol. The van der Waals surface area contributed by atoms with Crippen molar-refractivity contribution in [1.29, 1.82) is 0 Å². The molecule has 2 heterocycles. The van der Waals surface area contributed by atoms with Crippen LogP contribution >= 0.6 is 0 Å². The minimum Gasteiger partial charge on any atom is -0.382 e. The van der Waals surface area contributed by atoms with Gasteiger partial charge in [0.15, 0.2) is 11.5 Å². The molecule has 0 aliphatic carbocycles. The van der Waals surface area contributed by atoms with Crippen molar-refractivity contribution in [3.8, 4) is 0 Å². The first-order valence-corrected chi connectivity index (χ1v) is 4.75. The Hall–Kier alpha value is -1.65. The standard InChI is InChI=1S/C9H13N5/c1-3-5-11-7-8(10)12-6(4-2)14-9(7)13-5/h3-4H2,1-2H3,(H3,10,11,12,13,14). The van der Waals surface area contributed by atoms with Gasteiger partial charge in [0, 0.05) is 12.8 Å². The fraction of sp³-hybridized carbons (Fsp3) is 0.444. The molecule has 2 aromatic heterocycles. The van der Waals surface area contributed by atoms with Crippen molar-refractivity contribution in [2.75, 3.05) is 5.73 Å². The molecule has 0 aliphatic rings. The summed E-state index contributed by atoms with van der Waals surface area (Å²) in [6.07, 6.45) is 1.62. The van der Waals surface area contributed by atoms with Gasteiger partial charge in [-0.25, -0.2) is 15.0 Å². The van der Waals surface area contributed by atoms with Crippen LogP contribution in [-0.4, -0.2) is 19.9 Å². The SMILES string of the molecule is CCc1nc(N)c2nc(CC)[nH]c2n1. The van der Waals surface area contributed by atoms with E-state index in [9.17, 15) is 0 Å². The van der Waals surface area contributed by atoms with Gasteiger partial charge in [0.2, 0.25) is 0 Å². The fourth-order valence-corrected chi connectivity index (χ4v) is 1.34. The smallest absolute Gasteiger partial charge is 0.163 e. The van der Waals surface area contributed by atoms with E-state index in [4.69, 9.17) is 5.73 Å². The van der Waals surface area contributed by atoms with Crippen LogP contribution in [0.2, 0.25) is 0 Å². The van der Waals surface area contributed by atoms with Crippen molar-refractivity contribution < 1.29 is 0 Å². The zero-order valence-corrected chi connectivity index (χ0v) is 8.33. The van der Waals surface area contributed by atoms with Crippen LogP contribution < -0.4 is 5.73 Å². The number of anilines is 1. The number of hydrogen-bond acceptors (Lipinski definition) is 4. The van der Waals surface area contributed by atoms with Crippen LogP contribution in [0.5, 0.6) is 0 Å². The highest BCUT2D eigenvalue weighted by atomic mass is 15.1. The zero-order valence-electron chi connectivity index (χ0n) is 8.33. The molecule has 0 saturated heterocycles. The number of aromatic nitrogens is 4. The van der Waals surface area contributed by atoms with Gasteiger partial charge in [0.1, 0.15) is 17.2 Å². The molecule has 0 unspecified atom stereocenters. The van der Waals surface area contributed by atoms with Gasteiger partial charge in [-0.3, -0.25) is 0 Å². The Labute approximate surface area is 81.8 Å². The average Bonchev–Trinajstić information content (AvgIpc) is 2.61. The molecule has 0 aliphatic heterocycles. The number of nitrogens with two attached hydrogens (primary N) is 1. The summed E-state index contributed by atoms with van der Waals surface area (Å²) in [4.78, 5) is 15.9. The third-order valence-corrected chi connectivity index (χ3v) is 2.12. The van der Waals surface area contributed by atoms with E-state index < -0.39 is 0 Å². The van der Waals surface area contributed by atoms with Gasteiger partial charge >= 0.3 is 0 Å². The van der Waals surface area contributed by atoms with Gasteiger partial charge < -0.3 is 10.7 Å². The molecule has 74 valence electrons. The summed E-state index contributed by atoms with van der Waals surface area (Å²) in [6.45, 7) is 4.03. The van der Waals surface area contributed by atoms with Crippen molar-refractivity contribution in [2.45, 2.75) is 26.7 Å². The molecule has 0 aromatic carbocycles. The van der Waals surface area contributed by atoms with Crippen LogP contribution in [0, 0.1) is 0 Å². The predicted octanol–water partition coefficient (Wildman–Crippen LogP) is 1.06. The van der Waals surface area contributed by atoms with Crippen molar-refractivity contribution in [1.82, 2.24) is 19.9 Å². The normalized spacial score (nSPS) is 11.0. The van der Waals surface area contributed by atoms with E-state index in [1.165, 1.54) is 0 Å². The lowest BCUT2D eigenvalue weighted by atomic mass is 10.4. The van der Waals surface area contributed by atoms with Crippen LogP contribution in [0.4, 0.5) is 5.82 Å². The number of imidazole rings is 1. The van der Waals surface area contributed by atoms with E-state index in [-0.39, 0.29) is 0 Å². The fourth-order valence-electron chi connectivity index (χ4n) is 1.34. The lowest BCUT2D eigenvalue weighted by Crippen LogP contribution is -1.99. The van der Waals surface area contributed by atoms with Gasteiger partial charge in [-0.2, -0.15) is 0 Å². The number of H-pyrrole nitrogens is 1. The Morgan fingerprint density at radius 2 is 1.93 bits per heavy atom. The molecule has 0 radical (unpaired) electrons. The zero-order chi connectivity index (χ0) is 10.1. The summed E-state index contributed by atoms with van der Waals surface area (Å²) < 4.78 is 0. The third kappa shape index (κ3) is 1.30. The minimum absolute atomic E-state index is 0.461. The maximum Gasteiger partial charge on any atom is 0.163 e. The van der Waals surface area contributed by atoms with Crippen molar-refractivity contribution in [2.24, 2.45) is 0 Å². The van der Waals surface area contributed by atoms with Gasteiger partial charge in [0.05, 0.1) is 0 Å². The molecule has 0 bridgehead atoms. The molecule has 0 fully saturated rings. The summed E-state index contributed by atoms with van der Waals surface area (Å²) in [6, 6.07) is 0. The molecule has 3 N–H and O–H groups in total. The lowest BCUT2D eigenvalue weighted by Gasteiger charge is -1.97. The second-order valence-electron chi connectivity index (χ2n) is 3.11. The molecule has 2 aromatic rings. The highest BCUT2D eigenvalue weighted by Crippen LogP contribution is 2.15. The van der Waals surface area contributed by atoms with Crippen molar-refractivity contribution in [3.05, 3.63) is 11.6 Å². The van der Waals surface area contributed by atoms with Crippen LogP contribution in [0.15, 0.2) is 0 Å². The molecule has 0 saturated carbocycles. The summed E-state index contributed by atoms with van der Waals surface area (Å²) >= 11 is 0.